The lowest BCUT2D eigenvalue weighted by molar-refractivity contribution is 0.0338. The van der Waals surface area contributed by atoms with E-state index >= 15 is 0 Å². The quantitative estimate of drug-likeness (QED) is 0.498. The summed E-state index contributed by atoms with van der Waals surface area (Å²) in [6.45, 7) is 6.96. The molecule has 2 aromatic carbocycles. The number of phenols is 1. The first-order valence-corrected chi connectivity index (χ1v) is 9.94. The molecule has 1 aliphatic heterocycles. The summed E-state index contributed by atoms with van der Waals surface area (Å²) in [6.07, 6.45) is 2.09. The summed E-state index contributed by atoms with van der Waals surface area (Å²) >= 11 is 6.74. The van der Waals surface area contributed by atoms with Gasteiger partial charge in [-0.1, -0.05) is 48.0 Å². The van der Waals surface area contributed by atoms with Crippen molar-refractivity contribution < 1.29 is 14.3 Å². The summed E-state index contributed by atoms with van der Waals surface area (Å²) in [7, 11) is 0. The molecule has 1 aliphatic rings. The average Bonchev–Trinajstić information content (AvgIpc) is 2.73. The summed E-state index contributed by atoms with van der Waals surface area (Å²) in [5, 5.41) is 11.4. The Morgan fingerprint density at radius 2 is 1.90 bits per heavy atom. The van der Waals surface area contributed by atoms with E-state index in [2.05, 4.69) is 11.5 Å². The van der Waals surface area contributed by atoms with Crippen LogP contribution in [0.3, 0.4) is 0 Å². The van der Waals surface area contributed by atoms with Crippen LogP contribution in [0.4, 0.5) is 0 Å². The van der Waals surface area contributed by atoms with E-state index in [0.29, 0.717) is 47.7 Å². The van der Waals surface area contributed by atoms with Crippen LogP contribution in [0.2, 0.25) is 5.02 Å². The normalized spacial score (nSPS) is 14.9. The van der Waals surface area contributed by atoms with Gasteiger partial charge in [-0.15, -0.1) is 6.58 Å². The standard InChI is InChI=1S/C23H22ClNO4/c1-2-6-16-18(26)13-19-21(22(16)24)20(15-7-4-3-5-8-15)17(23(27)29-19)14-25-9-11-28-12-10-25/h2-5,7-8,13,26H,1,6,9-12,14H2. The molecule has 150 valence electrons. The lowest BCUT2D eigenvalue weighted by Gasteiger charge is -2.27. The first kappa shape index (κ1) is 19.7. The molecule has 1 fully saturated rings. The Morgan fingerprint density at radius 1 is 1.17 bits per heavy atom. The molecule has 0 bridgehead atoms. The highest BCUT2D eigenvalue weighted by atomic mass is 35.5. The number of aromatic hydroxyl groups is 1. The van der Waals surface area contributed by atoms with Gasteiger partial charge in [0.25, 0.3) is 0 Å². The van der Waals surface area contributed by atoms with E-state index in [4.69, 9.17) is 20.8 Å². The number of hydrogen-bond donors (Lipinski definition) is 1. The van der Waals surface area contributed by atoms with Crippen LogP contribution in [0.15, 0.2) is 58.3 Å². The third-order valence-electron chi connectivity index (χ3n) is 5.21. The fraction of sp³-hybridized carbons (Fsp3) is 0.261. The van der Waals surface area contributed by atoms with Gasteiger partial charge in [0, 0.05) is 42.2 Å². The summed E-state index contributed by atoms with van der Waals surface area (Å²) in [6, 6.07) is 11.1. The zero-order valence-electron chi connectivity index (χ0n) is 16.0. The highest BCUT2D eigenvalue weighted by Crippen LogP contribution is 2.41. The molecular formula is C23H22ClNO4. The smallest absolute Gasteiger partial charge is 0.341 e. The third kappa shape index (κ3) is 3.81. The zero-order valence-corrected chi connectivity index (χ0v) is 16.7. The molecule has 3 aromatic rings. The number of halogens is 1. The molecule has 2 heterocycles. The van der Waals surface area contributed by atoms with Crippen LogP contribution >= 0.6 is 11.6 Å². The number of phenolic OH excluding ortho intramolecular Hbond substituents is 1. The van der Waals surface area contributed by atoms with Gasteiger partial charge < -0.3 is 14.3 Å². The number of hydrogen-bond acceptors (Lipinski definition) is 5. The number of ether oxygens (including phenoxy) is 1. The molecule has 1 N–H and O–H groups in total. The number of fused-ring (bicyclic) bond motifs is 1. The summed E-state index contributed by atoms with van der Waals surface area (Å²) < 4.78 is 11.0. The lowest BCUT2D eigenvalue weighted by Crippen LogP contribution is -2.37. The van der Waals surface area contributed by atoms with Crippen LogP contribution in [0.1, 0.15) is 11.1 Å². The Morgan fingerprint density at radius 3 is 2.59 bits per heavy atom. The second-order valence-electron chi connectivity index (χ2n) is 7.05. The molecule has 0 radical (unpaired) electrons. The molecule has 0 spiro atoms. The largest absolute Gasteiger partial charge is 0.507 e. The van der Waals surface area contributed by atoms with Crippen molar-refractivity contribution in [3.63, 3.8) is 0 Å². The van der Waals surface area contributed by atoms with Gasteiger partial charge in [-0.3, -0.25) is 4.90 Å². The van der Waals surface area contributed by atoms with E-state index in [9.17, 15) is 9.90 Å². The van der Waals surface area contributed by atoms with Gasteiger partial charge in [0.2, 0.25) is 0 Å². The molecule has 0 saturated carbocycles. The van der Waals surface area contributed by atoms with Crippen LogP contribution in [-0.2, 0) is 17.7 Å². The number of benzene rings is 2. The van der Waals surface area contributed by atoms with Crippen molar-refractivity contribution in [1.82, 2.24) is 4.90 Å². The van der Waals surface area contributed by atoms with E-state index in [1.807, 2.05) is 30.3 Å². The molecule has 1 aromatic heterocycles. The second-order valence-corrected chi connectivity index (χ2v) is 7.43. The lowest BCUT2D eigenvalue weighted by atomic mass is 9.94. The first-order valence-electron chi connectivity index (χ1n) is 9.56. The number of allylic oxidation sites excluding steroid dienone is 1. The van der Waals surface area contributed by atoms with Crippen molar-refractivity contribution in [2.45, 2.75) is 13.0 Å². The SMILES string of the molecule is C=CCc1c(O)cc2oc(=O)c(CN3CCOCC3)c(-c3ccccc3)c2c1Cl. The van der Waals surface area contributed by atoms with Gasteiger partial charge in [0.15, 0.2) is 0 Å². The maximum Gasteiger partial charge on any atom is 0.341 e. The molecule has 0 unspecified atom stereocenters. The van der Waals surface area contributed by atoms with Gasteiger partial charge in [-0.05, 0) is 12.0 Å². The van der Waals surface area contributed by atoms with Gasteiger partial charge in [-0.25, -0.2) is 4.79 Å². The molecule has 0 atom stereocenters. The molecular weight excluding hydrogens is 390 g/mol. The fourth-order valence-electron chi connectivity index (χ4n) is 3.77. The van der Waals surface area contributed by atoms with Gasteiger partial charge >= 0.3 is 5.63 Å². The van der Waals surface area contributed by atoms with E-state index in [1.54, 1.807) is 6.08 Å². The highest BCUT2D eigenvalue weighted by molar-refractivity contribution is 6.37. The summed E-state index contributed by atoms with van der Waals surface area (Å²) in [4.78, 5) is 15.1. The monoisotopic (exact) mass is 411 g/mol. The van der Waals surface area contributed by atoms with Gasteiger partial charge in [0.05, 0.1) is 23.8 Å². The summed E-state index contributed by atoms with van der Waals surface area (Å²) in [5.41, 5.74) is 2.61. The van der Waals surface area contributed by atoms with E-state index < -0.39 is 5.63 Å². The number of nitrogens with zero attached hydrogens (tertiary/aromatic N) is 1. The number of rotatable bonds is 5. The second kappa shape index (κ2) is 8.41. The average molecular weight is 412 g/mol. The molecule has 4 rings (SSSR count). The van der Waals surface area contributed by atoms with Crippen molar-refractivity contribution in [2.24, 2.45) is 0 Å². The Labute approximate surface area is 173 Å². The summed E-state index contributed by atoms with van der Waals surface area (Å²) in [5.74, 6) is -0.00880. The van der Waals surface area contributed by atoms with Crippen molar-refractivity contribution in [3.8, 4) is 16.9 Å². The minimum Gasteiger partial charge on any atom is -0.507 e. The highest BCUT2D eigenvalue weighted by Gasteiger charge is 2.24. The molecule has 6 heteroatoms. The van der Waals surface area contributed by atoms with E-state index in [1.165, 1.54) is 6.07 Å². The Balaban J connectivity index is 2.02. The first-order chi connectivity index (χ1) is 14.1. The van der Waals surface area contributed by atoms with Crippen molar-refractivity contribution in [3.05, 3.63) is 75.6 Å². The van der Waals surface area contributed by atoms with Gasteiger partial charge in [0.1, 0.15) is 11.3 Å². The predicted octanol–water partition coefficient (Wildman–Crippen LogP) is 4.38. The maximum atomic E-state index is 13.0. The van der Waals surface area contributed by atoms with Crippen LogP contribution in [0.25, 0.3) is 22.1 Å². The number of morpholine rings is 1. The molecule has 5 nitrogen and oxygen atoms in total. The van der Waals surface area contributed by atoms with Crippen LogP contribution in [-0.4, -0.2) is 36.3 Å². The molecule has 0 amide bonds. The van der Waals surface area contributed by atoms with Crippen LogP contribution in [0, 0.1) is 0 Å². The minimum absolute atomic E-state index is 0.00880. The molecule has 0 aliphatic carbocycles. The van der Waals surface area contributed by atoms with Crippen molar-refractivity contribution >= 4 is 22.6 Å². The molecule has 1 saturated heterocycles. The Kier molecular flexibility index (Phi) is 5.72. The van der Waals surface area contributed by atoms with Crippen LogP contribution < -0.4 is 5.63 Å². The zero-order chi connectivity index (χ0) is 20.4. The minimum atomic E-state index is -0.421. The third-order valence-corrected chi connectivity index (χ3v) is 5.62. The Bertz CT molecular complexity index is 1100. The van der Waals surface area contributed by atoms with E-state index in [0.717, 1.165) is 24.2 Å². The Hall–Kier alpha value is -2.60. The topological polar surface area (TPSA) is 62.9 Å². The van der Waals surface area contributed by atoms with Crippen molar-refractivity contribution in [1.29, 1.82) is 0 Å². The van der Waals surface area contributed by atoms with Crippen molar-refractivity contribution in [2.75, 3.05) is 26.3 Å². The van der Waals surface area contributed by atoms with E-state index in [-0.39, 0.29) is 11.3 Å². The van der Waals surface area contributed by atoms with Crippen LogP contribution in [0.5, 0.6) is 5.75 Å². The predicted molar refractivity (Wildman–Crippen MR) is 115 cm³/mol. The maximum absolute atomic E-state index is 13.0. The fourth-order valence-corrected chi connectivity index (χ4v) is 4.13. The molecule has 29 heavy (non-hydrogen) atoms. The van der Waals surface area contributed by atoms with Gasteiger partial charge in [-0.2, -0.15) is 0 Å².